The highest BCUT2D eigenvalue weighted by Crippen LogP contribution is 2.39. The molecule has 0 aliphatic rings. The van der Waals surface area contributed by atoms with Crippen molar-refractivity contribution in [3.05, 3.63) is 29.0 Å². The van der Waals surface area contributed by atoms with Crippen LogP contribution in [0.25, 0.3) is 0 Å². The summed E-state index contributed by atoms with van der Waals surface area (Å²) in [5.41, 5.74) is 1.01. The number of nitrogens with one attached hydrogen (secondary N) is 1. The van der Waals surface area contributed by atoms with Crippen LogP contribution in [-0.2, 0) is 4.43 Å². The number of nitrogens with zero attached hydrogens (tertiary/aromatic N) is 1. The van der Waals surface area contributed by atoms with E-state index in [2.05, 4.69) is 44.2 Å². The second-order valence-corrected chi connectivity index (χ2v) is 11.9. The standard InChI is InChI=1S/C15H27ClN2O2Si/c1-15(2,3)21(4,5)20-13(11-17-8-9-19)12-6-7-14(16)18-10-12/h6-7,10,13,17,19H,8-9,11H2,1-5H3/t13-/m0/s1. The summed E-state index contributed by atoms with van der Waals surface area (Å²) in [7, 11) is -1.89. The summed E-state index contributed by atoms with van der Waals surface area (Å²) in [4.78, 5) is 4.14. The molecule has 2 N–H and O–H groups in total. The van der Waals surface area contributed by atoms with Crippen molar-refractivity contribution in [2.75, 3.05) is 19.7 Å². The van der Waals surface area contributed by atoms with Crippen molar-refractivity contribution >= 4 is 19.9 Å². The van der Waals surface area contributed by atoms with Crippen LogP contribution < -0.4 is 5.32 Å². The maximum absolute atomic E-state index is 8.92. The van der Waals surface area contributed by atoms with Crippen molar-refractivity contribution in [3.63, 3.8) is 0 Å². The molecule has 1 heterocycles. The molecule has 0 bridgehead atoms. The van der Waals surface area contributed by atoms with E-state index in [0.717, 1.165) is 5.56 Å². The molecule has 1 rings (SSSR count). The second-order valence-electron chi connectivity index (χ2n) is 6.71. The van der Waals surface area contributed by atoms with Gasteiger partial charge in [-0.15, -0.1) is 0 Å². The van der Waals surface area contributed by atoms with E-state index in [-0.39, 0.29) is 17.7 Å². The smallest absolute Gasteiger partial charge is 0.192 e. The van der Waals surface area contributed by atoms with Gasteiger partial charge in [0.15, 0.2) is 8.32 Å². The van der Waals surface area contributed by atoms with Crippen LogP contribution in [0.1, 0.15) is 32.4 Å². The maximum Gasteiger partial charge on any atom is 0.192 e. The zero-order chi connectivity index (χ0) is 16.1. The molecule has 4 nitrogen and oxygen atoms in total. The minimum absolute atomic E-state index is 0.0813. The number of aliphatic hydroxyl groups excluding tert-OH is 1. The average Bonchev–Trinajstić information content (AvgIpc) is 2.37. The lowest BCUT2D eigenvalue weighted by Gasteiger charge is -2.39. The van der Waals surface area contributed by atoms with Gasteiger partial charge < -0.3 is 14.8 Å². The molecule has 0 spiro atoms. The molecular formula is C15H27ClN2O2Si. The monoisotopic (exact) mass is 330 g/mol. The molecule has 0 saturated heterocycles. The van der Waals surface area contributed by atoms with Crippen molar-refractivity contribution in [1.29, 1.82) is 0 Å². The fraction of sp³-hybridized carbons (Fsp3) is 0.667. The van der Waals surface area contributed by atoms with E-state index in [1.807, 2.05) is 6.07 Å². The largest absolute Gasteiger partial charge is 0.409 e. The Bertz CT molecular complexity index is 432. The summed E-state index contributed by atoms with van der Waals surface area (Å²) in [5, 5.41) is 12.8. The van der Waals surface area contributed by atoms with Crippen LogP contribution in [0.3, 0.4) is 0 Å². The van der Waals surface area contributed by atoms with Crippen molar-refractivity contribution in [1.82, 2.24) is 10.3 Å². The predicted octanol–water partition coefficient (Wildman–Crippen LogP) is 3.38. The number of hydrogen-bond donors (Lipinski definition) is 2. The van der Waals surface area contributed by atoms with Crippen molar-refractivity contribution in [3.8, 4) is 0 Å². The molecule has 1 atom stereocenters. The Balaban J connectivity index is 2.89. The molecule has 6 heteroatoms. The second kappa shape index (κ2) is 7.69. The Kier molecular flexibility index (Phi) is 6.81. The molecule has 0 amide bonds. The van der Waals surface area contributed by atoms with E-state index >= 15 is 0 Å². The van der Waals surface area contributed by atoms with E-state index in [1.165, 1.54) is 0 Å². The van der Waals surface area contributed by atoms with Crippen LogP contribution in [0.15, 0.2) is 18.3 Å². The Morgan fingerprint density at radius 1 is 1.38 bits per heavy atom. The van der Waals surface area contributed by atoms with Gasteiger partial charge in [-0.25, -0.2) is 4.98 Å². The molecule has 120 valence electrons. The van der Waals surface area contributed by atoms with Gasteiger partial charge in [-0.05, 0) is 29.8 Å². The lowest BCUT2D eigenvalue weighted by molar-refractivity contribution is 0.176. The third-order valence-corrected chi connectivity index (χ3v) is 8.69. The van der Waals surface area contributed by atoms with Gasteiger partial charge in [0.2, 0.25) is 0 Å². The van der Waals surface area contributed by atoms with Crippen LogP contribution in [0.4, 0.5) is 0 Å². The van der Waals surface area contributed by atoms with Gasteiger partial charge in [0.1, 0.15) is 5.15 Å². The minimum atomic E-state index is -1.89. The van der Waals surface area contributed by atoms with Crippen LogP contribution >= 0.6 is 11.6 Å². The quantitative estimate of drug-likeness (QED) is 0.457. The number of halogens is 1. The predicted molar refractivity (Wildman–Crippen MR) is 90.2 cm³/mol. The Morgan fingerprint density at radius 3 is 2.52 bits per heavy atom. The molecule has 0 saturated carbocycles. The molecule has 21 heavy (non-hydrogen) atoms. The molecule has 0 radical (unpaired) electrons. The highest BCUT2D eigenvalue weighted by atomic mass is 35.5. The number of pyridine rings is 1. The first-order chi connectivity index (χ1) is 9.67. The van der Waals surface area contributed by atoms with Crippen molar-refractivity contribution < 1.29 is 9.53 Å². The molecule has 0 aromatic carbocycles. The van der Waals surface area contributed by atoms with Crippen LogP contribution in [0, 0.1) is 0 Å². The topological polar surface area (TPSA) is 54.4 Å². The summed E-state index contributed by atoms with van der Waals surface area (Å²) < 4.78 is 6.49. The van der Waals surface area contributed by atoms with E-state index in [1.54, 1.807) is 12.3 Å². The lowest BCUT2D eigenvalue weighted by atomic mass is 10.1. The zero-order valence-corrected chi connectivity index (χ0v) is 15.4. The molecule has 0 fully saturated rings. The normalized spacial score (nSPS) is 14.2. The number of hydrogen-bond acceptors (Lipinski definition) is 4. The van der Waals surface area contributed by atoms with E-state index < -0.39 is 8.32 Å². The van der Waals surface area contributed by atoms with Gasteiger partial charge in [-0.1, -0.05) is 38.4 Å². The van der Waals surface area contributed by atoms with E-state index in [0.29, 0.717) is 18.2 Å². The maximum atomic E-state index is 8.92. The van der Waals surface area contributed by atoms with Gasteiger partial charge in [0.05, 0.1) is 12.7 Å². The van der Waals surface area contributed by atoms with Gasteiger partial charge in [0.25, 0.3) is 0 Å². The highest BCUT2D eigenvalue weighted by molar-refractivity contribution is 6.74. The molecule has 1 aromatic rings. The SMILES string of the molecule is CC(C)(C)[Si](C)(C)O[C@@H](CNCCO)c1ccc(Cl)nc1. The molecule has 1 aromatic heterocycles. The first-order valence-electron chi connectivity index (χ1n) is 7.28. The number of aliphatic hydroxyl groups is 1. The molecule has 0 unspecified atom stereocenters. The average molecular weight is 331 g/mol. The fourth-order valence-corrected chi connectivity index (χ4v) is 3.05. The summed E-state index contributed by atoms with van der Waals surface area (Å²) in [6.45, 7) is 12.4. The Hall–Kier alpha value is -0.463. The summed E-state index contributed by atoms with van der Waals surface area (Å²) in [6.07, 6.45) is 1.68. The third kappa shape index (κ3) is 5.68. The molecular weight excluding hydrogens is 304 g/mol. The molecule has 0 aliphatic heterocycles. The van der Waals surface area contributed by atoms with Crippen LogP contribution in [0.5, 0.6) is 0 Å². The van der Waals surface area contributed by atoms with Crippen molar-refractivity contribution in [2.45, 2.75) is 45.0 Å². The van der Waals surface area contributed by atoms with Gasteiger partial charge in [-0.3, -0.25) is 0 Å². The highest BCUT2D eigenvalue weighted by Gasteiger charge is 2.39. The van der Waals surface area contributed by atoms with Gasteiger partial charge in [-0.2, -0.15) is 0 Å². The van der Waals surface area contributed by atoms with Crippen LogP contribution in [0.2, 0.25) is 23.3 Å². The number of aromatic nitrogens is 1. The summed E-state index contributed by atoms with van der Waals surface area (Å²) >= 11 is 5.86. The third-order valence-electron chi connectivity index (χ3n) is 3.98. The summed E-state index contributed by atoms with van der Waals surface area (Å²) in [6, 6.07) is 3.73. The Morgan fingerprint density at radius 2 is 2.05 bits per heavy atom. The molecule has 0 aliphatic carbocycles. The van der Waals surface area contributed by atoms with E-state index in [9.17, 15) is 0 Å². The van der Waals surface area contributed by atoms with Gasteiger partial charge >= 0.3 is 0 Å². The summed E-state index contributed by atoms with van der Waals surface area (Å²) in [5.74, 6) is 0. The number of rotatable bonds is 7. The lowest BCUT2D eigenvalue weighted by Crippen LogP contribution is -2.43. The minimum Gasteiger partial charge on any atom is -0.409 e. The van der Waals surface area contributed by atoms with E-state index in [4.69, 9.17) is 21.1 Å². The Labute approximate surface area is 134 Å². The first kappa shape index (κ1) is 18.6. The zero-order valence-electron chi connectivity index (χ0n) is 13.6. The van der Waals surface area contributed by atoms with Crippen LogP contribution in [-0.4, -0.2) is 38.1 Å². The first-order valence-corrected chi connectivity index (χ1v) is 10.6. The van der Waals surface area contributed by atoms with Gasteiger partial charge in [0, 0.05) is 19.3 Å². The fourth-order valence-electron chi connectivity index (χ4n) is 1.65. The van der Waals surface area contributed by atoms with Crippen molar-refractivity contribution in [2.24, 2.45) is 0 Å².